The van der Waals surface area contributed by atoms with Crippen molar-refractivity contribution in [1.29, 1.82) is 0 Å². The number of rotatable bonds is 1. The lowest BCUT2D eigenvalue weighted by Crippen LogP contribution is -1.97. The van der Waals surface area contributed by atoms with E-state index in [1.807, 2.05) is 26.2 Å². The number of benzene rings is 1. The molecule has 4 nitrogen and oxygen atoms in total. The van der Waals surface area contributed by atoms with Crippen molar-refractivity contribution in [3.63, 3.8) is 0 Å². The number of aromatic nitrogens is 3. The molecule has 0 saturated heterocycles. The summed E-state index contributed by atoms with van der Waals surface area (Å²) in [6, 6.07) is 8.26. The summed E-state index contributed by atoms with van der Waals surface area (Å²) in [7, 11) is 3.88. The Morgan fingerprint density at radius 3 is 2.61 bits per heavy atom. The van der Waals surface area contributed by atoms with Crippen molar-refractivity contribution in [3.05, 3.63) is 34.9 Å². The molecule has 18 heavy (non-hydrogen) atoms. The molecule has 2 aromatic heterocycles. The Morgan fingerprint density at radius 2 is 1.94 bits per heavy atom. The first-order chi connectivity index (χ1) is 8.59. The van der Waals surface area contributed by atoms with Gasteiger partial charge in [0.25, 0.3) is 0 Å². The van der Waals surface area contributed by atoms with Crippen molar-refractivity contribution >= 4 is 32.7 Å². The molecule has 92 valence electrons. The van der Waals surface area contributed by atoms with E-state index in [2.05, 4.69) is 43.9 Å². The third kappa shape index (κ3) is 1.47. The van der Waals surface area contributed by atoms with Crippen LogP contribution in [0.4, 0.5) is 5.82 Å². The maximum Gasteiger partial charge on any atom is 0.136 e. The average Bonchev–Trinajstić information content (AvgIpc) is 2.83. The molecule has 0 aliphatic heterocycles. The minimum atomic E-state index is 0.637. The maximum absolute atomic E-state index is 5.94. The fourth-order valence-corrected chi connectivity index (χ4v) is 2.76. The Hall–Kier alpha value is -1.75. The summed E-state index contributed by atoms with van der Waals surface area (Å²) in [5.74, 6) is 0.637. The van der Waals surface area contributed by atoms with Gasteiger partial charge in [-0.1, -0.05) is 18.2 Å². The van der Waals surface area contributed by atoms with Crippen LogP contribution in [0, 0.1) is 0 Å². The standard InChI is InChI=1S/C13H13BrN4/c1-17-7-9(8-5-3-4-6-10(8)17)12-11(14)13(15)18(2)16-12/h3-7H,15H2,1-2H3. The van der Waals surface area contributed by atoms with Gasteiger partial charge in [-0.3, -0.25) is 4.68 Å². The molecule has 3 aromatic rings. The SMILES string of the molecule is Cn1nc(-c2cn(C)c3ccccc23)c(Br)c1N. The van der Waals surface area contributed by atoms with Gasteiger partial charge in [-0.2, -0.15) is 5.10 Å². The Kier molecular flexibility index (Phi) is 2.45. The van der Waals surface area contributed by atoms with Gasteiger partial charge in [0, 0.05) is 36.8 Å². The van der Waals surface area contributed by atoms with E-state index in [0.29, 0.717) is 5.82 Å². The number of hydrogen-bond acceptors (Lipinski definition) is 2. The van der Waals surface area contributed by atoms with Crippen molar-refractivity contribution in [2.45, 2.75) is 0 Å². The molecule has 0 aliphatic carbocycles. The summed E-state index contributed by atoms with van der Waals surface area (Å²) < 4.78 is 4.63. The molecule has 0 amide bonds. The molecule has 0 atom stereocenters. The van der Waals surface area contributed by atoms with Crippen LogP contribution in [0.25, 0.3) is 22.2 Å². The van der Waals surface area contributed by atoms with E-state index in [1.54, 1.807) is 4.68 Å². The van der Waals surface area contributed by atoms with Crippen LogP contribution in [0.1, 0.15) is 0 Å². The molecular weight excluding hydrogens is 292 g/mol. The van der Waals surface area contributed by atoms with Crippen LogP contribution >= 0.6 is 15.9 Å². The number of halogens is 1. The third-order valence-electron chi connectivity index (χ3n) is 3.18. The summed E-state index contributed by atoms with van der Waals surface area (Å²) >= 11 is 3.52. The molecular formula is C13H13BrN4. The van der Waals surface area contributed by atoms with Crippen molar-refractivity contribution in [1.82, 2.24) is 14.3 Å². The molecule has 1 aromatic carbocycles. The smallest absolute Gasteiger partial charge is 0.136 e. The largest absolute Gasteiger partial charge is 0.383 e. The Bertz CT molecular complexity index is 739. The summed E-state index contributed by atoms with van der Waals surface area (Å²) in [4.78, 5) is 0. The zero-order valence-corrected chi connectivity index (χ0v) is 11.8. The topological polar surface area (TPSA) is 48.8 Å². The number of fused-ring (bicyclic) bond motifs is 1. The third-order valence-corrected chi connectivity index (χ3v) is 3.97. The lowest BCUT2D eigenvalue weighted by atomic mass is 10.1. The number of nitrogens with zero attached hydrogens (tertiary/aromatic N) is 3. The van der Waals surface area contributed by atoms with Crippen molar-refractivity contribution in [2.24, 2.45) is 14.1 Å². The number of aryl methyl sites for hydroxylation is 2. The number of nitrogen functional groups attached to an aromatic ring is 1. The monoisotopic (exact) mass is 304 g/mol. The molecule has 0 unspecified atom stereocenters. The van der Waals surface area contributed by atoms with Crippen LogP contribution in [0.2, 0.25) is 0 Å². The minimum absolute atomic E-state index is 0.637. The summed E-state index contributed by atoms with van der Waals surface area (Å²) in [6.45, 7) is 0. The van der Waals surface area contributed by atoms with Gasteiger partial charge < -0.3 is 10.3 Å². The number of hydrogen-bond donors (Lipinski definition) is 1. The average molecular weight is 305 g/mol. The molecule has 0 saturated carbocycles. The highest BCUT2D eigenvalue weighted by Crippen LogP contribution is 2.36. The van der Waals surface area contributed by atoms with E-state index in [4.69, 9.17) is 5.73 Å². The van der Waals surface area contributed by atoms with Crippen LogP contribution < -0.4 is 5.73 Å². The molecule has 0 radical (unpaired) electrons. The van der Waals surface area contributed by atoms with E-state index >= 15 is 0 Å². The lowest BCUT2D eigenvalue weighted by molar-refractivity contribution is 0.782. The van der Waals surface area contributed by atoms with Gasteiger partial charge >= 0.3 is 0 Å². The molecule has 5 heteroatoms. The second kappa shape index (κ2) is 3.88. The fraction of sp³-hybridized carbons (Fsp3) is 0.154. The van der Waals surface area contributed by atoms with E-state index < -0.39 is 0 Å². The predicted octanol–water partition coefficient (Wildman–Crippen LogP) is 2.92. The Labute approximate surface area is 113 Å². The van der Waals surface area contributed by atoms with Gasteiger partial charge in [0.05, 0.1) is 4.47 Å². The van der Waals surface area contributed by atoms with E-state index in [0.717, 1.165) is 15.7 Å². The van der Waals surface area contributed by atoms with Crippen LogP contribution in [0.3, 0.4) is 0 Å². The fourth-order valence-electron chi connectivity index (χ4n) is 2.21. The Balaban J connectivity index is 2.35. The summed E-state index contributed by atoms with van der Waals surface area (Å²) in [6.07, 6.45) is 2.08. The normalized spacial score (nSPS) is 11.3. The number of nitrogens with two attached hydrogens (primary N) is 1. The van der Waals surface area contributed by atoms with Gasteiger partial charge in [0.2, 0.25) is 0 Å². The van der Waals surface area contributed by atoms with Gasteiger partial charge in [0.15, 0.2) is 0 Å². The summed E-state index contributed by atoms with van der Waals surface area (Å²) in [5, 5.41) is 5.65. The van der Waals surface area contributed by atoms with Crippen LogP contribution in [-0.4, -0.2) is 14.3 Å². The van der Waals surface area contributed by atoms with Gasteiger partial charge in [0.1, 0.15) is 11.5 Å². The van der Waals surface area contributed by atoms with Crippen LogP contribution in [0.5, 0.6) is 0 Å². The first-order valence-electron chi connectivity index (χ1n) is 5.62. The second-order valence-corrected chi connectivity index (χ2v) is 5.14. The van der Waals surface area contributed by atoms with Crippen LogP contribution in [-0.2, 0) is 14.1 Å². The first-order valence-corrected chi connectivity index (χ1v) is 6.41. The number of anilines is 1. The lowest BCUT2D eigenvalue weighted by Gasteiger charge is -1.95. The van der Waals surface area contributed by atoms with Gasteiger partial charge in [-0.15, -0.1) is 0 Å². The molecule has 0 aliphatic rings. The molecule has 0 fully saturated rings. The van der Waals surface area contributed by atoms with Crippen molar-refractivity contribution in [3.8, 4) is 11.3 Å². The minimum Gasteiger partial charge on any atom is -0.383 e. The highest BCUT2D eigenvalue weighted by molar-refractivity contribution is 9.10. The zero-order valence-electron chi connectivity index (χ0n) is 10.2. The second-order valence-electron chi connectivity index (χ2n) is 4.34. The molecule has 3 rings (SSSR count). The number of para-hydroxylation sites is 1. The van der Waals surface area contributed by atoms with E-state index in [1.165, 1.54) is 10.9 Å². The van der Waals surface area contributed by atoms with Gasteiger partial charge in [-0.25, -0.2) is 0 Å². The van der Waals surface area contributed by atoms with Gasteiger partial charge in [-0.05, 0) is 22.0 Å². The molecule has 2 N–H and O–H groups in total. The molecule has 0 bridgehead atoms. The highest BCUT2D eigenvalue weighted by Gasteiger charge is 2.17. The van der Waals surface area contributed by atoms with Crippen molar-refractivity contribution in [2.75, 3.05) is 5.73 Å². The zero-order chi connectivity index (χ0) is 12.9. The van der Waals surface area contributed by atoms with E-state index in [9.17, 15) is 0 Å². The maximum atomic E-state index is 5.94. The van der Waals surface area contributed by atoms with E-state index in [-0.39, 0.29) is 0 Å². The van der Waals surface area contributed by atoms with Crippen molar-refractivity contribution < 1.29 is 0 Å². The predicted molar refractivity (Wildman–Crippen MR) is 77.2 cm³/mol. The quantitative estimate of drug-likeness (QED) is 0.751. The Morgan fingerprint density at radius 1 is 1.22 bits per heavy atom. The summed E-state index contributed by atoms with van der Waals surface area (Å²) in [5.41, 5.74) is 9.09. The molecule has 2 heterocycles. The highest BCUT2D eigenvalue weighted by atomic mass is 79.9. The molecule has 0 spiro atoms. The first kappa shape index (κ1) is 11.3. The van der Waals surface area contributed by atoms with Crippen LogP contribution in [0.15, 0.2) is 34.9 Å².